The molecule has 0 spiro atoms. The number of alkyl halides is 2. The van der Waals surface area contributed by atoms with Crippen molar-refractivity contribution in [1.29, 1.82) is 5.41 Å². The molecule has 2 amide bonds. The summed E-state index contributed by atoms with van der Waals surface area (Å²) in [5.41, 5.74) is 5.81. The van der Waals surface area contributed by atoms with Crippen molar-refractivity contribution in [3.63, 3.8) is 0 Å². The topological polar surface area (TPSA) is 176 Å². The summed E-state index contributed by atoms with van der Waals surface area (Å²) in [6, 6.07) is 5.81. The smallest absolute Gasteiger partial charge is 0.387 e. The largest absolute Gasteiger partial charge is 0.434 e. The van der Waals surface area contributed by atoms with Gasteiger partial charge in [-0.25, -0.2) is 9.97 Å². The van der Waals surface area contributed by atoms with Gasteiger partial charge in [0.15, 0.2) is 5.92 Å². The van der Waals surface area contributed by atoms with Gasteiger partial charge in [-0.15, -0.1) is 0 Å². The molecule has 2 aliphatic heterocycles. The van der Waals surface area contributed by atoms with Gasteiger partial charge in [-0.2, -0.15) is 13.9 Å². The van der Waals surface area contributed by atoms with Gasteiger partial charge in [-0.3, -0.25) is 24.6 Å². The van der Waals surface area contributed by atoms with Gasteiger partial charge < -0.3 is 25.8 Å². The number of halogens is 3. The van der Waals surface area contributed by atoms with E-state index in [-0.39, 0.29) is 52.1 Å². The minimum atomic E-state index is -3.15. The van der Waals surface area contributed by atoms with Crippen molar-refractivity contribution in [3.8, 4) is 17.0 Å². The number of aliphatic hydroxyl groups excluding tert-OH is 1. The molecule has 16 heteroatoms. The first-order valence-electron chi connectivity index (χ1n) is 14.0. The molecule has 2 aliphatic rings. The number of amides is 2. The number of anilines is 1. The minimum Gasteiger partial charge on any atom is -0.434 e. The fourth-order valence-corrected chi connectivity index (χ4v) is 5.73. The van der Waals surface area contributed by atoms with E-state index in [1.165, 1.54) is 41.5 Å². The number of nitrogens with two attached hydrogens (primary N) is 1. The van der Waals surface area contributed by atoms with Crippen LogP contribution >= 0.6 is 11.6 Å². The number of benzene rings is 1. The molecular formula is C28H32ClF2N9O4. The van der Waals surface area contributed by atoms with Crippen LogP contribution in [0.4, 0.5) is 14.5 Å². The molecule has 3 aromatic rings. The molecule has 44 heavy (non-hydrogen) atoms. The van der Waals surface area contributed by atoms with Crippen molar-refractivity contribution >= 4 is 34.9 Å². The molecule has 2 atom stereocenters. The molecule has 0 aliphatic carbocycles. The van der Waals surface area contributed by atoms with Gasteiger partial charge in [0.05, 0.1) is 11.8 Å². The van der Waals surface area contributed by atoms with E-state index in [0.29, 0.717) is 25.7 Å². The van der Waals surface area contributed by atoms with Crippen LogP contribution in [0.25, 0.3) is 11.3 Å². The Balaban J connectivity index is 1.40. The number of aromatic nitrogens is 4. The molecule has 1 aromatic carbocycles. The summed E-state index contributed by atoms with van der Waals surface area (Å²) in [6.07, 6.45) is 6.18. The second kappa shape index (κ2) is 13.6. The van der Waals surface area contributed by atoms with Crippen LogP contribution < -0.4 is 15.8 Å². The number of likely N-dealkylation sites (tertiary alicyclic amines) is 2. The Bertz CT molecular complexity index is 1500. The Labute approximate surface area is 256 Å². The fourth-order valence-electron chi connectivity index (χ4n) is 5.56. The molecule has 0 saturated carbocycles. The Kier molecular flexibility index (Phi) is 9.66. The maximum absolute atomic E-state index is 13.4. The summed E-state index contributed by atoms with van der Waals surface area (Å²) >= 11 is 6.19. The first-order valence-corrected chi connectivity index (χ1v) is 14.4. The van der Waals surface area contributed by atoms with Gasteiger partial charge in [-0.1, -0.05) is 11.6 Å². The van der Waals surface area contributed by atoms with Crippen molar-refractivity contribution in [1.82, 2.24) is 29.5 Å². The summed E-state index contributed by atoms with van der Waals surface area (Å²) in [6.45, 7) is -0.797. The summed E-state index contributed by atoms with van der Waals surface area (Å²) in [4.78, 5) is 38.7. The zero-order valence-corrected chi connectivity index (χ0v) is 24.3. The normalized spacial score (nSPS) is 18.4. The van der Waals surface area contributed by atoms with Crippen molar-refractivity contribution in [2.45, 2.75) is 50.5 Å². The number of amidine groups is 1. The van der Waals surface area contributed by atoms with Crippen LogP contribution in [0.1, 0.15) is 31.0 Å². The van der Waals surface area contributed by atoms with E-state index in [9.17, 15) is 23.5 Å². The predicted molar refractivity (Wildman–Crippen MR) is 156 cm³/mol. The van der Waals surface area contributed by atoms with Gasteiger partial charge in [0.25, 0.3) is 0 Å². The van der Waals surface area contributed by atoms with E-state index in [2.05, 4.69) is 25.3 Å². The summed E-state index contributed by atoms with van der Waals surface area (Å²) in [5.74, 6) is -3.13. The maximum Gasteiger partial charge on any atom is 0.387 e. The quantitative estimate of drug-likeness (QED) is 0.193. The van der Waals surface area contributed by atoms with Crippen LogP contribution in [-0.2, 0) is 16.1 Å². The highest BCUT2D eigenvalue weighted by Gasteiger charge is 2.32. The van der Waals surface area contributed by atoms with Crippen LogP contribution in [0.3, 0.4) is 0 Å². The third-order valence-corrected chi connectivity index (χ3v) is 7.91. The molecule has 5 N–H and O–H groups in total. The van der Waals surface area contributed by atoms with Crippen LogP contribution in [0.2, 0.25) is 5.02 Å². The number of carbonyl (C=O) groups excluding carboxylic acids is 2. The highest BCUT2D eigenvalue weighted by atomic mass is 35.5. The third-order valence-electron chi connectivity index (χ3n) is 7.68. The highest BCUT2D eigenvalue weighted by molar-refractivity contribution is 6.31. The molecular weight excluding hydrogens is 600 g/mol. The van der Waals surface area contributed by atoms with E-state index in [0.717, 1.165) is 25.8 Å². The molecule has 2 aromatic heterocycles. The Morgan fingerprint density at radius 3 is 2.55 bits per heavy atom. The Morgan fingerprint density at radius 2 is 1.91 bits per heavy atom. The predicted octanol–water partition coefficient (Wildman–Crippen LogP) is 2.31. The van der Waals surface area contributed by atoms with Crippen molar-refractivity contribution in [3.05, 3.63) is 53.7 Å². The second-order valence-corrected chi connectivity index (χ2v) is 11.1. The van der Waals surface area contributed by atoms with E-state index < -0.39 is 24.3 Å². The number of nitrogens with zero attached hydrogens (tertiary/aromatic N) is 6. The average Bonchev–Trinajstić information content (AvgIpc) is 3.60. The minimum absolute atomic E-state index is 0.00637. The van der Waals surface area contributed by atoms with Crippen LogP contribution in [0.5, 0.6) is 5.75 Å². The van der Waals surface area contributed by atoms with Gasteiger partial charge in [0.1, 0.15) is 29.6 Å². The van der Waals surface area contributed by atoms with Crippen LogP contribution in [0, 0.1) is 5.41 Å². The van der Waals surface area contributed by atoms with Crippen molar-refractivity contribution < 1.29 is 28.2 Å². The molecule has 2 saturated heterocycles. The average molecular weight is 632 g/mol. The standard InChI is InChI=1S/C28H32ClF2N9O4/c29-16-2-3-21(44-28(30)31)19(12-16)24-20(36-27(43)23(25(32)33)26-34-7-1-8-35-26)14-40(37-24)15-22(42)38-9-4-17(5-10-38)39-11-6-18(41)13-39/h1-3,7-8,12,14,17-18,23,28,41H,4-6,9-11,13,15H2,(H3,32,33)(H,36,43). The highest BCUT2D eigenvalue weighted by Crippen LogP contribution is 2.37. The fraction of sp³-hybridized carbons (Fsp3) is 0.429. The van der Waals surface area contributed by atoms with Gasteiger partial charge in [-0.05, 0) is 43.5 Å². The molecule has 5 rings (SSSR count). The first-order chi connectivity index (χ1) is 21.1. The Morgan fingerprint density at radius 1 is 1.18 bits per heavy atom. The lowest BCUT2D eigenvalue weighted by Crippen LogP contribution is -2.47. The zero-order chi connectivity index (χ0) is 31.4. The monoisotopic (exact) mass is 631 g/mol. The SMILES string of the molecule is N=C(N)C(C(=O)Nc1cn(CC(=O)N2CCC(N3CCC(O)C3)CC2)nc1-c1cc(Cl)ccc1OC(F)F)c1ncccn1. The number of nitrogens with one attached hydrogen (secondary N) is 2. The number of aliphatic hydroxyl groups is 1. The number of hydrogen-bond acceptors (Lipinski definition) is 9. The third kappa shape index (κ3) is 7.29. The molecule has 0 radical (unpaired) electrons. The van der Waals surface area contributed by atoms with E-state index in [4.69, 9.17) is 27.5 Å². The molecule has 2 fully saturated rings. The lowest BCUT2D eigenvalue weighted by molar-refractivity contribution is -0.133. The summed E-state index contributed by atoms with van der Waals surface area (Å²) in [7, 11) is 0. The number of hydrogen-bond donors (Lipinski definition) is 4. The lowest BCUT2D eigenvalue weighted by Gasteiger charge is -2.36. The van der Waals surface area contributed by atoms with Gasteiger partial charge in [0, 0.05) is 61.4 Å². The molecule has 2 unspecified atom stereocenters. The zero-order valence-electron chi connectivity index (χ0n) is 23.6. The molecule has 13 nitrogen and oxygen atoms in total. The van der Waals surface area contributed by atoms with Crippen LogP contribution in [0.15, 0.2) is 42.9 Å². The number of ether oxygens (including phenoxy) is 1. The van der Waals surface area contributed by atoms with E-state index in [1.807, 2.05) is 0 Å². The Hall–Kier alpha value is -4.21. The molecule has 0 bridgehead atoms. The van der Waals surface area contributed by atoms with E-state index >= 15 is 0 Å². The number of rotatable bonds is 10. The second-order valence-electron chi connectivity index (χ2n) is 10.6. The number of piperidine rings is 1. The molecule has 234 valence electrons. The summed E-state index contributed by atoms with van der Waals surface area (Å²) in [5, 5.41) is 25.1. The number of β-amino-alcohol motifs (C(OH)–C–C–N with tert-alkyl or cyclic N) is 1. The van der Waals surface area contributed by atoms with Gasteiger partial charge in [0.2, 0.25) is 11.8 Å². The van der Waals surface area contributed by atoms with Crippen molar-refractivity contribution in [2.24, 2.45) is 5.73 Å². The van der Waals surface area contributed by atoms with E-state index in [1.54, 1.807) is 11.0 Å². The summed E-state index contributed by atoms with van der Waals surface area (Å²) < 4.78 is 32.5. The lowest BCUT2D eigenvalue weighted by atomic mass is 10.0. The first kappa shape index (κ1) is 31.2. The van der Waals surface area contributed by atoms with Gasteiger partial charge >= 0.3 is 6.61 Å². The van der Waals surface area contributed by atoms with Crippen molar-refractivity contribution in [2.75, 3.05) is 31.5 Å². The molecule has 4 heterocycles. The van der Waals surface area contributed by atoms with Crippen LogP contribution in [-0.4, -0.2) is 97.2 Å². The maximum atomic E-state index is 13.4. The number of carbonyl (C=O) groups is 2.